The molecule has 2 N–H and O–H groups in total. The second kappa shape index (κ2) is 5.27. The van der Waals surface area contributed by atoms with Crippen LogP contribution < -0.4 is 11.2 Å². The van der Waals surface area contributed by atoms with Crippen molar-refractivity contribution in [1.29, 1.82) is 0 Å². The van der Waals surface area contributed by atoms with Crippen LogP contribution in [0.5, 0.6) is 0 Å². The van der Waals surface area contributed by atoms with Gasteiger partial charge in [-0.1, -0.05) is 36.4 Å². The normalized spacial score (nSPS) is 10.8. The summed E-state index contributed by atoms with van der Waals surface area (Å²) in [6.45, 7) is 1.10. The number of nitrogens with two attached hydrogens (primary N) is 1. The van der Waals surface area contributed by atoms with Crippen molar-refractivity contribution in [3.63, 3.8) is 0 Å². The molecule has 0 saturated carbocycles. The Bertz CT molecular complexity index is 808. The fraction of sp³-hybridized carbons (Fsp3) is 0.125. The molecule has 0 aliphatic heterocycles. The van der Waals surface area contributed by atoms with Gasteiger partial charge in [0.15, 0.2) is 0 Å². The number of hydrogen-bond acceptors (Lipinski definition) is 3. The Labute approximate surface area is 116 Å². The molecule has 1 heterocycles. The first-order valence-corrected chi connectivity index (χ1v) is 6.51. The van der Waals surface area contributed by atoms with Crippen LogP contribution in [0.25, 0.3) is 10.9 Å². The fourth-order valence-electron chi connectivity index (χ4n) is 2.36. The zero-order valence-electron chi connectivity index (χ0n) is 11.0. The van der Waals surface area contributed by atoms with E-state index in [0.29, 0.717) is 18.5 Å². The van der Waals surface area contributed by atoms with Crippen molar-refractivity contribution in [2.45, 2.75) is 13.1 Å². The van der Waals surface area contributed by atoms with E-state index in [1.807, 2.05) is 53.2 Å². The minimum atomic E-state index is -0.0519. The molecule has 0 saturated heterocycles. The van der Waals surface area contributed by atoms with E-state index in [4.69, 9.17) is 5.73 Å². The van der Waals surface area contributed by atoms with E-state index in [0.717, 1.165) is 16.6 Å². The molecule has 0 spiro atoms. The summed E-state index contributed by atoms with van der Waals surface area (Å²) >= 11 is 0. The zero-order valence-corrected chi connectivity index (χ0v) is 11.0. The topological polar surface area (TPSA) is 60.9 Å². The number of hydrogen-bond donors (Lipinski definition) is 1. The lowest BCUT2D eigenvalue weighted by Gasteiger charge is -2.12. The van der Waals surface area contributed by atoms with Crippen LogP contribution in [0.3, 0.4) is 0 Å². The van der Waals surface area contributed by atoms with Crippen molar-refractivity contribution in [3.8, 4) is 0 Å². The number of rotatable bonds is 3. The van der Waals surface area contributed by atoms with Gasteiger partial charge in [0, 0.05) is 11.9 Å². The summed E-state index contributed by atoms with van der Waals surface area (Å²) in [6.07, 6.45) is 1.37. The molecule has 3 aromatic rings. The molecule has 0 aliphatic carbocycles. The van der Waals surface area contributed by atoms with Crippen molar-refractivity contribution in [2.24, 2.45) is 5.73 Å². The summed E-state index contributed by atoms with van der Waals surface area (Å²) in [4.78, 5) is 11.8. The van der Waals surface area contributed by atoms with Gasteiger partial charge in [-0.3, -0.25) is 9.48 Å². The highest BCUT2D eigenvalue weighted by atomic mass is 16.1. The Hall–Kier alpha value is -2.46. The quantitative estimate of drug-likeness (QED) is 0.786. The predicted octanol–water partition coefficient (Wildman–Crippen LogP) is 1.90. The summed E-state index contributed by atoms with van der Waals surface area (Å²) in [6, 6.07) is 15.5. The molecule has 4 heteroatoms. The zero-order chi connectivity index (χ0) is 13.9. The number of para-hydroxylation sites is 1. The summed E-state index contributed by atoms with van der Waals surface area (Å²) in [5.41, 5.74) is 8.77. The van der Waals surface area contributed by atoms with Crippen LogP contribution in [0.2, 0.25) is 0 Å². The van der Waals surface area contributed by atoms with Gasteiger partial charge in [-0.15, -0.1) is 0 Å². The average Bonchev–Trinajstić information content (AvgIpc) is 2.51. The highest BCUT2D eigenvalue weighted by molar-refractivity contribution is 5.78. The summed E-state index contributed by atoms with van der Waals surface area (Å²) in [5, 5.41) is 4.93. The van der Waals surface area contributed by atoms with Crippen LogP contribution in [-0.4, -0.2) is 9.78 Å². The van der Waals surface area contributed by atoms with Gasteiger partial charge in [-0.05, 0) is 23.3 Å². The lowest BCUT2D eigenvalue weighted by Crippen LogP contribution is -2.14. The Kier molecular flexibility index (Phi) is 3.31. The van der Waals surface area contributed by atoms with Crippen LogP contribution in [0.4, 0.5) is 0 Å². The third kappa shape index (κ3) is 2.21. The number of benzene rings is 2. The van der Waals surface area contributed by atoms with Crippen molar-refractivity contribution in [3.05, 3.63) is 76.1 Å². The minimum absolute atomic E-state index is 0.0519. The average molecular weight is 265 g/mol. The van der Waals surface area contributed by atoms with Gasteiger partial charge in [0.1, 0.15) is 0 Å². The third-order valence-electron chi connectivity index (χ3n) is 3.42. The highest BCUT2D eigenvalue weighted by Crippen LogP contribution is 2.13. The van der Waals surface area contributed by atoms with Gasteiger partial charge in [0.05, 0.1) is 18.3 Å². The lowest BCUT2D eigenvalue weighted by atomic mass is 10.1. The molecule has 0 amide bonds. The molecule has 0 aliphatic rings. The maximum atomic E-state index is 11.8. The summed E-state index contributed by atoms with van der Waals surface area (Å²) in [7, 11) is 0. The lowest BCUT2D eigenvalue weighted by molar-refractivity contribution is 0.689. The first kappa shape index (κ1) is 12.6. The number of fused-ring (bicyclic) bond motifs is 1. The van der Waals surface area contributed by atoms with Crippen LogP contribution >= 0.6 is 0 Å². The van der Waals surface area contributed by atoms with Crippen molar-refractivity contribution in [1.82, 2.24) is 9.78 Å². The summed E-state index contributed by atoms with van der Waals surface area (Å²) in [5.74, 6) is 0. The minimum Gasteiger partial charge on any atom is -0.326 e. The maximum Gasteiger partial charge on any atom is 0.207 e. The smallest absolute Gasteiger partial charge is 0.207 e. The number of aromatic nitrogens is 2. The molecule has 100 valence electrons. The fourth-order valence-corrected chi connectivity index (χ4v) is 2.36. The molecule has 3 rings (SSSR count). The predicted molar refractivity (Wildman–Crippen MR) is 79.4 cm³/mol. The Morgan fingerprint density at radius 3 is 2.50 bits per heavy atom. The van der Waals surface area contributed by atoms with Gasteiger partial charge < -0.3 is 5.73 Å². The first-order chi connectivity index (χ1) is 9.79. The van der Waals surface area contributed by atoms with Crippen LogP contribution in [0.15, 0.2) is 59.5 Å². The molecule has 4 nitrogen and oxygen atoms in total. The highest BCUT2D eigenvalue weighted by Gasteiger charge is 2.06. The van der Waals surface area contributed by atoms with Gasteiger partial charge >= 0.3 is 0 Å². The monoisotopic (exact) mass is 265 g/mol. The van der Waals surface area contributed by atoms with E-state index >= 15 is 0 Å². The molecule has 2 aromatic carbocycles. The van der Waals surface area contributed by atoms with Gasteiger partial charge in [0.2, 0.25) is 5.43 Å². The van der Waals surface area contributed by atoms with E-state index in [9.17, 15) is 4.79 Å². The molecule has 1 aromatic heterocycles. The summed E-state index contributed by atoms with van der Waals surface area (Å²) < 4.78 is 1.84. The molecule has 0 atom stereocenters. The van der Waals surface area contributed by atoms with Crippen molar-refractivity contribution in [2.75, 3.05) is 0 Å². The standard InChI is InChI=1S/C16H15N3O/c17-9-12-5-1-2-6-13(12)11-19-15-8-4-3-7-14(15)16(20)10-18-19/h1-8,10H,9,11,17H2. The van der Waals surface area contributed by atoms with Crippen LogP contribution in [-0.2, 0) is 13.1 Å². The Morgan fingerprint density at radius 2 is 1.70 bits per heavy atom. The molecule has 0 bridgehead atoms. The largest absolute Gasteiger partial charge is 0.326 e. The second-order valence-corrected chi connectivity index (χ2v) is 4.66. The maximum absolute atomic E-state index is 11.8. The molecule has 0 radical (unpaired) electrons. The third-order valence-corrected chi connectivity index (χ3v) is 3.42. The van der Waals surface area contributed by atoms with E-state index in [1.54, 1.807) is 0 Å². The van der Waals surface area contributed by atoms with Crippen LogP contribution in [0, 0.1) is 0 Å². The molecular weight excluding hydrogens is 250 g/mol. The first-order valence-electron chi connectivity index (χ1n) is 6.51. The second-order valence-electron chi connectivity index (χ2n) is 4.66. The number of nitrogens with zero attached hydrogens (tertiary/aromatic N) is 2. The van der Waals surface area contributed by atoms with E-state index in [-0.39, 0.29) is 5.43 Å². The van der Waals surface area contributed by atoms with E-state index < -0.39 is 0 Å². The molecule has 0 fully saturated rings. The molecule has 20 heavy (non-hydrogen) atoms. The van der Waals surface area contributed by atoms with Crippen LogP contribution in [0.1, 0.15) is 11.1 Å². The van der Waals surface area contributed by atoms with E-state index in [1.165, 1.54) is 6.20 Å². The molecular formula is C16H15N3O. The van der Waals surface area contributed by atoms with Gasteiger partial charge in [-0.25, -0.2) is 0 Å². The van der Waals surface area contributed by atoms with Crippen molar-refractivity contribution < 1.29 is 0 Å². The van der Waals surface area contributed by atoms with E-state index in [2.05, 4.69) is 5.10 Å². The Balaban J connectivity index is 2.12. The Morgan fingerprint density at radius 1 is 1.00 bits per heavy atom. The van der Waals surface area contributed by atoms with Crippen molar-refractivity contribution >= 4 is 10.9 Å². The molecule has 0 unspecified atom stereocenters. The van der Waals surface area contributed by atoms with Gasteiger partial charge in [0.25, 0.3) is 0 Å². The van der Waals surface area contributed by atoms with Gasteiger partial charge in [-0.2, -0.15) is 5.10 Å². The SMILES string of the molecule is NCc1ccccc1Cn1ncc(=O)c2ccccc21.